The first-order chi connectivity index (χ1) is 12.6. The van der Waals surface area contributed by atoms with Gasteiger partial charge in [-0.1, -0.05) is 6.07 Å². The second-order valence-corrected chi connectivity index (χ2v) is 6.40. The molecule has 0 aliphatic carbocycles. The minimum absolute atomic E-state index is 0.0338. The monoisotopic (exact) mass is 357 g/mol. The molecule has 2 aromatic rings. The fourth-order valence-electron chi connectivity index (χ4n) is 3.13. The predicted molar refractivity (Wildman–Crippen MR) is 101 cm³/mol. The van der Waals surface area contributed by atoms with Crippen molar-refractivity contribution in [2.75, 3.05) is 43.5 Å². The van der Waals surface area contributed by atoms with Gasteiger partial charge in [0.05, 0.1) is 13.2 Å². The first kappa shape index (κ1) is 18.2. The molecule has 1 N–H and O–H groups in total. The number of hydrogen-bond donors (Lipinski definition) is 1. The standard InChI is InChI=1S/C20H24FN3O2/c1-15(20(25)22-17-4-3-5-19(14-17)26-2)23-10-12-24(13-11-23)18-8-6-16(21)7-9-18/h3-9,14-15H,10-13H2,1-2H3,(H,22,25)/t15-/m0/s1. The Morgan fingerprint density at radius 3 is 2.46 bits per heavy atom. The fraction of sp³-hybridized carbons (Fsp3) is 0.350. The third kappa shape index (κ3) is 4.32. The van der Waals surface area contributed by atoms with E-state index in [0.717, 1.165) is 37.6 Å². The number of nitrogens with zero attached hydrogens (tertiary/aromatic N) is 2. The molecule has 6 heteroatoms. The van der Waals surface area contributed by atoms with E-state index < -0.39 is 0 Å². The van der Waals surface area contributed by atoms with Gasteiger partial charge in [0.1, 0.15) is 11.6 Å². The maximum absolute atomic E-state index is 13.1. The summed E-state index contributed by atoms with van der Waals surface area (Å²) in [5.74, 6) is 0.451. The van der Waals surface area contributed by atoms with Gasteiger partial charge >= 0.3 is 0 Å². The van der Waals surface area contributed by atoms with Crippen molar-refractivity contribution in [3.63, 3.8) is 0 Å². The minimum Gasteiger partial charge on any atom is -0.497 e. The molecule has 1 amide bonds. The zero-order chi connectivity index (χ0) is 18.5. The second kappa shape index (κ2) is 8.19. The zero-order valence-electron chi connectivity index (χ0n) is 15.1. The number of benzene rings is 2. The Morgan fingerprint density at radius 1 is 1.12 bits per heavy atom. The van der Waals surface area contributed by atoms with E-state index in [9.17, 15) is 9.18 Å². The molecule has 0 bridgehead atoms. The summed E-state index contributed by atoms with van der Waals surface area (Å²) >= 11 is 0. The van der Waals surface area contributed by atoms with Crippen molar-refractivity contribution in [3.05, 3.63) is 54.3 Å². The highest BCUT2D eigenvalue weighted by molar-refractivity contribution is 5.94. The van der Waals surface area contributed by atoms with E-state index in [4.69, 9.17) is 4.74 Å². The molecule has 1 fully saturated rings. The molecular formula is C20H24FN3O2. The number of halogens is 1. The predicted octanol–water partition coefficient (Wildman–Crippen LogP) is 2.98. The highest BCUT2D eigenvalue weighted by Gasteiger charge is 2.25. The van der Waals surface area contributed by atoms with E-state index >= 15 is 0 Å². The summed E-state index contributed by atoms with van der Waals surface area (Å²) in [5, 5.41) is 2.95. The van der Waals surface area contributed by atoms with Gasteiger partial charge in [0, 0.05) is 43.6 Å². The van der Waals surface area contributed by atoms with Gasteiger partial charge in [-0.05, 0) is 43.3 Å². The molecule has 1 atom stereocenters. The number of methoxy groups -OCH3 is 1. The summed E-state index contributed by atoms with van der Waals surface area (Å²) < 4.78 is 18.2. The second-order valence-electron chi connectivity index (χ2n) is 6.40. The van der Waals surface area contributed by atoms with Crippen LogP contribution in [-0.2, 0) is 4.79 Å². The fourth-order valence-corrected chi connectivity index (χ4v) is 3.13. The number of carbonyl (C=O) groups is 1. The SMILES string of the molecule is COc1cccc(NC(=O)[C@H](C)N2CCN(c3ccc(F)cc3)CC2)c1. The Balaban J connectivity index is 1.54. The third-order valence-corrected chi connectivity index (χ3v) is 4.77. The van der Waals surface area contributed by atoms with Gasteiger partial charge in [-0.15, -0.1) is 0 Å². The molecule has 0 radical (unpaired) electrons. The van der Waals surface area contributed by atoms with Crippen molar-refractivity contribution >= 4 is 17.3 Å². The first-order valence-corrected chi connectivity index (χ1v) is 8.76. The molecule has 138 valence electrons. The van der Waals surface area contributed by atoms with E-state index in [1.165, 1.54) is 12.1 Å². The average molecular weight is 357 g/mol. The van der Waals surface area contributed by atoms with Crippen LogP contribution in [0.5, 0.6) is 5.75 Å². The van der Waals surface area contributed by atoms with Crippen molar-refractivity contribution < 1.29 is 13.9 Å². The minimum atomic E-state index is -0.227. The lowest BCUT2D eigenvalue weighted by atomic mass is 10.2. The summed E-state index contributed by atoms with van der Waals surface area (Å²) in [5.41, 5.74) is 1.74. The lowest BCUT2D eigenvalue weighted by molar-refractivity contribution is -0.120. The third-order valence-electron chi connectivity index (χ3n) is 4.77. The van der Waals surface area contributed by atoms with E-state index in [1.54, 1.807) is 25.3 Å². The Bertz CT molecular complexity index is 743. The van der Waals surface area contributed by atoms with Crippen LogP contribution in [0, 0.1) is 5.82 Å². The quantitative estimate of drug-likeness (QED) is 0.894. The summed E-state index contributed by atoms with van der Waals surface area (Å²) in [6.45, 7) is 5.10. The van der Waals surface area contributed by atoms with Gasteiger partial charge in [0.15, 0.2) is 0 Å². The summed E-state index contributed by atoms with van der Waals surface area (Å²) in [7, 11) is 1.60. The molecule has 0 saturated carbocycles. The van der Waals surface area contributed by atoms with Crippen molar-refractivity contribution in [1.82, 2.24) is 4.90 Å². The van der Waals surface area contributed by atoms with Gasteiger partial charge in [0.2, 0.25) is 5.91 Å². The largest absolute Gasteiger partial charge is 0.497 e. The van der Waals surface area contributed by atoms with Crippen LogP contribution in [0.25, 0.3) is 0 Å². The molecule has 1 aliphatic heterocycles. The number of carbonyl (C=O) groups excluding carboxylic acids is 1. The van der Waals surface area contributed by atoms with Crippen LogP contribution in [-0.4, -0.2) is 50.1 Å². The number of nitrogens with one attached hydrogen (secondary N) is 1. The molecule has 26 heavy (non-hydrogen) atoms. The van der Waals surface area contributed by atoms with Crippen LogP contribution >= 0.6 is 0 Å². The molecule has 5 nitrogen and oxygen atoms in total. The van der Waals surface area contributed by atoms with E-state index in [2.05, 4.69) is 15.1 Å². The highest BCUT2D eigenvalue weighted by Crippen LogP contribution is 2.19. The normalized spacial score (nSPS) is 16.2. The van der Waals surface area contributed by atoms with Crippen molar-refractivity contribution in [3.8, 4) is 5.75 Å². The summed E-state index contributed by atoms with van der Waals surface area (Å²) in [6, 6.07) is 13.7. The molecular weight excluding hydrogens is 333 g/mol. The zero-order valence-corrected chi connectivity index (χ0v) is 15.1. The summed E-state index contributed by atoms with van der Waals surface area (Å²) in [4.78, 5) is 16.9. The van der Waals surface area contributed by atoms with E-state index in [1.807, 2.05) is 25.1 Å². The lowest BCUT2D eigenvalue weighted by Crippen LogP contribution is -2.52. The molecule has 1 saturated heterocycles. The van der Waals surface area contributed by atoms with Crippen molar-refractivity contribution in [1.29, 1.82) is 0 Å². The van der Waals surface area contributed by atoms with Gasteiger partial charge in [0.25, 0.3) is 0 Å². The van der Waals surface area contributed by atoms with Crippen molar-refractivity contribution in [2.45, 2.75) is 13.0 Å². The average Bonchev–Trinajstić information content (AvgIpc) is 2.68. The van der Waals surface area contributed by atoms with Gasteiger partial charge < -0.3 is 15.0 Å². The maximum Gasteiger partial charge on any atom is 0.241 e. The maximum atomic E-state index is 13.1. The molecule has 2 aromatic carbocycles. The van der Waals surface area contributed by atoms with Gasteiger partial charge in [-0.2, -0.15) is 0 Å². The molecule has 3 rings (SSSR count). The van der Waals surface area contributed by atoms with Crippen LogP contribution in [0.15, 0.2) is 48.5 Å². The van der Waals surface area contributed by atoms with Crippen LogP contribution in [0.3, 0.4) is 0 Å². The molecule has 0 unspecified atom stereocenters. The number of piperazine rings is 1. The van der Waals surface area contributed by atoms with Crippen LogP contribution < -0.4 is 15.0 Å². The Kier molecular flexibility index (Phi) is 5.73. The van der Waals surface area contributed by atoms with Gasteiger partial charge in [-0.3, -0.25) is 9.69 Å². The van der Waals surface area contributed by atoms with Crippen LogP contribution in [0.4, 0.5) is 15.8 Å². The molecule has 0 aromatic heterocycles. The summed E-state index contributed by atoms with van der Waals surface area (Å²) in [6.07, 6.45) is 0. The van der Waals surface area contributed by atoms with Gasteiger partial charge in [-0.25, -0.2) is 4.39 Å². The van der Waals surface area contributed by atoms with Crippen LogP contribution in [0.2, 0.25) is 0 Å². The number of amides is 1. The molecule has 1 heterocycles. The topological polar surface area (TPSA) is 44.8 Å². The Hall–Kier alpha value is -2.60. The van der Waals surface area contributed by atoms with Crippen LogP contribution in [0.1, 0.15) is 6.92 Å². The molecule has 0 spiro atoms. The molecule has 1 aliphatic rings. The van der Waals surface area contributed by atoms with E-state index in [0.29, 0.717) is 5.75 Å². The smallest absolute Gasteiger partial charge is 0.241 e. The Labute approximate surface area is 153 Å². The lowest BCUT2D eigenvalue weighted by Gasteiger charge is -2.38. The number of ether oxygens (including phenoxy) is 1. The number of anilines is 2. The number of rotatable bonds is 5. The number of hydrogen-bond acceptors (Lipinski definition) is 4. The van der Waals surface area contributed by atoms with Crippen molar-refractivity contribution in [2.24, 2.45) is 0 Å². The Morgan fingerprint density at radius 2 is 1.81 bits per heavy atom. The highest BCUT2D eigenvalue weighted by atomic mass is 19.1. The first-order valence-electron chi connectivity index (χ1n) is 8.76. The van der Waals surface area contributed by atoms with E-state index in [-0.39, 0.29) is 17.8 Å².